The van der Waals surface area contributed by atoms with Gasteiger partial charge in [0.2, 0.25) is 0 Å². The number of pyridine rings is 1. The Labute approximate surface area is 230 Å². The van der Waals surface area contributed by atoms with E-state index in [2.05, 4.69) is 15.5 Å². The van der Waals surface area contributed by atoms with E-state index in [1.54, 1.807) is 38.1 Å². The number of anilines is 1. The van der Waals surface area contributed by atoms with Gasteiger partial charge in [-0.2, -0.15) is 0 Å². The Morgan fingerprint density at radius 3 is 2.20 bits per heavy atom. The minimum absolute atomic E-state index is 0.155. The zero-order valence-corrected chi connectivity index (χ0v) is 21.7. The summed E-state index contributed by atoms with van der Waals surface area (Å²) in [6.07, 6.45) is 0.370. The fourth-order valence-electron chi connectivity index (χ4n) is 4.09. The van der Waals surface area contributed by atoms with Crippen molar-refractivity contribution in [3.63, 3.8) is 0 Å². The average Bonchev–Trinajstić information content (AvgIpc) is 3.33. The second-order valence-corrected chi connectivity index (χ2v) is 8.91. The lowest BCUT2D eigenvalue weighted by molar-refractivity contribution is 0.0687. The molecule has 0 unspecified atom stereocenters. The van der Waals surface area contributed by atoms with Crippen molar-refractivity contribution in [2.45, 2.75) is 20.0 Å². The molecule has 5 aromatic rings. The van der Waals surface area contributed by atoms with Crippen LogP contribution in [-0.4, -0.2) is 27.3 Å². The van der Waals surface area contributed by atoms with Crippen LogP contribution in [0.15, 0.2) is 102 Å². The monoisotopic (exact) mass is 535 g/mol. The number of hydrogen-bond acceptors (Lipinski definition) is 7. The first-order chi connectivity index (χ1) is 19.4. The number of carbonyl (C=O) groups excluding carboxylic acids is 1. The number of carboxylic acid groups (broad SMARTS) is 1. The molecule has 0 spiro atoms. The molecule has 9 nitrogen and oxygen atoms in total. The number of amides is 1. The summed E-state index contributed by atoms with van der Waals surface area (Å²) in [6, 6.07) is 27.5. The van der Waals surface area contributed by atoms with Gasteiger partial charge in [-0.05, 0) is 54.8 Å². The van der Waals surface area contributed by atoms with Gasteiger partial charge < -0.3 is 19.1 Å². The van der Waals surface area contributed by atoms with Crippen LogP contribution < -0.4 is 10.1 Å². The number of rotatable bonds is 8. The molecule has 2 heterocycles. The number of aromatic nitrogens is 2. The number of benzene rings is 3. The summed E-state index contributed by atoms with van der Waals surface area (Å²) in [4.78, 5) is 27.8. The summed E-state index contributed by atoms with van der Waals surface area (Å²) >= 11 is 0. The molecular formula is C31H25N3O6. The van der Waals surface area contributed by atoms with Gasteiger partial charge >= 0.3 is 12.1 Å². The molecule has 0 saturated heterocycles. The average molecular weight is 536 g/mol. The minimum Gasteiger partial charge on any atom is -0.476 e. The van der Waals surface area contributed by atoms with Crippen LogP contribution in [0.2, 0.25) is 0 Å². The fraction of sp³-hybridized carbons (Fsp3) is 0.0968. The predicted molar refractivity (Wildman–Crippen MR) is 148 cm³/mol. The molecule has 0 aliphatic heterocycles. The molecule has 3 aromatic carbocycles. The third-order valence-electron chi connectivity index (χ3n) is 6.18. The first-order valence-electron chi connectivity index (χ1n) is 12.4. The van der Waals surface area contributed by atoms with Crippen LogP contribution in [0, 0.1) is 6.92 Å². The molecule has 0 bridgehead atoms. The number of nitrogens with zero attached hydrogens (tertiary/aromatic N) is 2. The molecule has 5 rings (SSSR count). The Kier molecular flexibility index (Phi) is 7.54. The van der Waals surface area contributed by atoms with E-state index in [4.69, 9.17) is 14.0 Å². The van der Waals surface area contributed by atoms with Gasteiger partial charge in [-0.15, -0.1) is 0 Å². The largest absolute Gasteiger partial charge is 0.476 e. The molecule has 200 valence electrons. The van der Waals surface area contributed by atoms with Gasteiger partial charge in [-0.1, -0.05) is 71.9 Å². The highest BCUT2D eigenvalue weighted by molar-refractivity contribution is 5.91. The lowest BCUT2D eigenvalue weighted by atomic mass is 10.0. The lowest BCUT2D eigenvalue weighted by Gasteiger charge is -2.14. The molecule has 9 heteroatoms. The Bertz CT molecular complexity index is 1630. The Morgan fingerprint density at radius 2 is 1.52 bits per heavy atom. The number of carboxylic acids is 1. The van der Waals surface area contributed by atoms with E-state index in [0.29, 0.717) is 22.9 Å². The third-order valence-corrected chi connectivity index (χ3v) is 6.18. The van der Waals surface area contributed by atoms with Gasteiger partial charge in [0.1, 0.15) is 23.2 Å². The smallest absolute Gasteiger partial charge is 0.412 e. The topological polar surface area (TPSA) is 124 Å². The predicted octanol–water partition coefficient (Wildman–Crippen LogP) is 7.51. The zero-order valence-electron chi connectivity index (χ0n) is 21.7. The van der Waals surface area contributed by atoms with Crippen LogP contribution in [0.3, 0.4) is 0 Å². The molecule has 0 aliphatic carbocycles. The normalized spacial score (nSPS) is 11.4. The summed E-state index contributed by atoms with van der Waals surface area (Å²) < 4.78 is 16.8. The van der Waals surface area contributed by atoms with Crippen LogP contribution >= 0.6 is 0 Å². The number of aryl methyl sites for hydroxylation is 1. The number of nitrogens with one attached hydrogen (secondary N) is 1. The van der Waals surface area contributed by atoms with E-state index in [1.807, 2.05) is 66.7 Å². The highest BCUT2D eigenvalue weighted by Crippen LogP contribution is 2.34. The summed E-state index contributed by atoms with van der Waals surface area (Å²) in [5, 5.41) is 16.1. The second-order valence-electron chi connectivity index (χ2n) is 8.91. The Hall–Kier alpha value is -5.44. The van der Waals surface area contributed by atoms with Gasteiger partial charge in [-0.25, -0.2) is 14.6 Å². The van der Waals surface area contributed by atoms with Crippen LogP contribution in [-0.2, 0) is 4.74 Å². The van der Waals surface area contributed by atoms with Crippen LogP contribution in [0.5, 0.6) is 11.5 Å². The number of ether oxygens (including phenoxy) is 2. The van der Waals surface area contributed by atoms with E-state index < -0.39 is 18.2 Å². The maximum absolute atomic E-state index is 12.6. The van der Waals surface area contributed by atoms with Gasteiger partial charge in [0.15, 0.2) is 17.2 Å². The third kappa shape index (κ3) is 5.83. The summed E-state index contributed by atoms with van der Waals surface area (Å²) in [5.41, 5.74) is 4.29. The molecule has 1 amide bonds. The molecule has 0 radical (unpaired) electrons. The second kappa shape index (κ2) is 11.5. The molecule has 40 heavy (non-hydrogen) atoms. The van der Waals surface area contributed by atoms with Crippen LogP contribution in [0.4, 0.5) is 10.5 Å². The van der Waals surface area contributed by atoms with E-state index in [-0.39, 0.29) is 11.4 Å². The van der Waals surface area contributed by atoms with Crippen molar-refractivity contribution < 1.29 is 28.7 Å². The van der Waals surface area contributed by atoms with Gasteiger partial charge in [-0.3, -0.25) is 5.32 Å². The summed E-state index contributed by atoms with van der Waals surface area (Å²) in [6.45, 7) is 3.55. The maximum atomic E-state index is 12.6. The number of hydrogen-bond donors (Lipinski definition) is 2. The first kappa shape index (κ1) is 26.2. The van der Waals surface area contributed by atoms with Crippen molar-refractivity contribution in [3.8, 4) is 33.9 Å². The molecule has 0 saturated carbocycles. The summed E-state index contributed by atoms with van der Waals surface area (Å²) in [5.74, 6) is -0.0940. The van der Waals surface area contributed by atoms with Crippen LogP contribution in [0.1, 0.15) is 34.8 Å². The molecule has 2 N–H and O–H groups in total. The van der Waals surface area contributed by atoms with E-state index >= 15 is 0 Å². The number of aromatic carboxylic acids is 1. The zero-order chi connectivity index (χ0) is 28.1. The van der Waals surface area contributed by atoms with Crippen molar-refractivity contribution in [2.24, 2.45) is 0 Å². The highest BCUT2D eigenvalue weighted by Gasteiger charge is 2.20. The van der Waals surface area contributed by atoms with E-state index in [9.17, 15) is 14.7 Å². The van der Waals surface area contributed by atoms with Crippen molar-refractivity contribution in [1.29, 1.82) is 0 Å². The van der Waals surface area contributed by atoms with Crippen molar-refractivity contribution in [3.05, 3.63) is 114 Å². The quantitative estimate of drug-likeness (QED) is 0.209. The van der Waals surface area contributed by atoms with E-state index in [1.165, 1.54) is 6.20 Å². The maximum Gasteiger partial charge on any atom is 0.412 e. The molecule has 2 aromatic heterocycles. The van der Waals surface area contributed by atoms with Crippen molar-refractivity contribution >= 4 is 17.7 Å². The number of carbonyl (C=O) groups is 2. The Balaban J connectivity index is 1.28. The van der Waals surface area contributed by atoms with Gasteiger partial charge in [0.05, 0.1) is 0 Å². The molecule has 0 fully saturated rings. The van der Waals surface area contributed by atoms with E-state index in [0.717, 1.165) is 22.3 Å². The SMILES string of the molecule is Cc1noc(-c2ccc(-c3ccc(Oc4cccnc4C(=O)O)cc3)cc2)c1NC(=O)O[C@H](C)c1ccccc1. The molecular weight excluding hydrogens is 510 g/mol. The lowest BCUT2D eigenvalue weighted by Crippen LogP contribution is -2.16. The molecule has 0 aliphatic rings. The Morgan fingerprint density at radius 1 is 0.875 bits per heavy atom. The van der Waals surface area contributed by atoms with Crippen molar-refractivity contribution in [1.82, 2.24) is 10.1 Å². The standard InChI is InChI=1S/C31H25N3O6/c1-19-27(33-31(37)38-20(2)21-7-4-3-5-8-21)29(40-34-19)24-12-10-22(11-13-24)23-14-16-25(17-15-23)39-26-9-6-18-32-28(26)30(35)36/h3-18,20H,1-2H3,(H,33,37)(H,35,36)/t20-/m1/s1. The van der Waals surface area contributed by atoms with Crippen molar-refractivity contribution in [2.75, 3.05) is 5.32 Å². The highest BCUT2D eigenvalue weighted by atomic mass is 16.6. The first-order valence-corrected chi connectivity index (χ1v) is 12.4. The van der Waals surface area contributed by atoms with Gasteiger partial charge in [0, 0.05) is 11.8 Å². The van der Waals surface area contributed by atoms with Crippen LogP contribution in [0.25, 0.3) is 22.5 Å². The fourth-order valence-corrected chi connectivity index (χ4v) is 4.09. The van der Waals surface area contributed by atoms with Gasteiger partial charge in [0.25, 0.3) is 0 Å². The summed E-state index contributed by atoms with van der Waals surface area (Å²) in [7, 11) is 0. The molecule has 1 atom stereocenters. The minimum atomic E-state index is -1.16.